The number of nitrogens with one attached hydrogen (secondary N) is 1. The Hall–Kier alpha value is -0.480. The highest BCUT2D eigenvalue weighted by Gasteiger charge is 2.26. The summed E-state index contributed by atoms with van der Waals surface area (Å²) < 4.78 is 0. The minimum absolute atomic E-state index is 0. The first kappa shape index (κ1) is 19.5. The summed E-state index contributed by atoms with van der Waals surface area (Å²) in [5.74, 6) is 0.973. The molecule has 2 atom stereocenters. The molecular weight excluding hydrogens is 295 g/mol. The lowest BCUT2D eigenvalue weighted by Crippen LogP contribution is -2.46. The van der Waals surface area contributed by atoms with Gasteiger partial charge in [-0.15, -0.1) is 24.8 Å². The van der Waals surface area contributed by atoms with Crippen LogP contribution in [0.15, 0.2) is 24.3 Å². The maximum absolute atomic E-state index is 9.68. The van der Waals surface area contributed by atoms with E-state index in [1.165, 1.54) is 5.56 Å². The van der Waals surface area contributed by atoms with Crippen molar-refractivity contribution in [2.45, 2.75) is 26.3 Å². The summed E-state index contributed by atoms with van der Waals surface area (Å²) in [6.07, 6.45) is 1.16. The zero-order valence-electron chi connectivity index (χ0n) is 12.2. The van der Waals surface area contributed by atoms with Crippen LogP contribution in [0, 0.1) is 5.92 Å². The molecule has 5 heteroatoms. The lowest BCUT2D eigenvalue weighted by atomic mass is 9.90. The highest BCUT2D eigenvalue weighted by atomic mass is 35.5. The summed E-state index contributed by atoms with van der Waals surface area (Å²) in [7, 11) is 0. The molecular formula is C15H26Cl2N2O. The largest absolute Gasteiger partial charge is 0.508 e. The molecule has 0 aromatic heterocycles. The Morgan fingerprint density at radius 1 is 1.25 bits per heavy atom. The van der Waals surface area contributed by atoms with Crippen molar-refractivity contribution in [2.24, 2.45) is 5.92 Å². The Morgan fingerprint density at radius 3 is 2.45 bits per heavy atom. The van der Waals surface area contributed by atoms with Gasteiger partial charge in [-0.25, -0.2) is 0 Å². The SMILES string of the molecule is CCC(C)[C@H](c1cccc(O)c1)N1CCNCC1.Cl.Cl. The number of phenolic OH excluding ortho intramolecular Hbond substituents is 1. The molecule has 0 saturated carbocycles. The lowest BCUT2D eigenvalue weighted by molar-refractivity contribution is 0.128. The van der Waals surface area contributed by atoms with E-state index in [9.17, 15) is 5.11 Å². The molecule has 2 rings (SSSR count). The maximum atomic E-state index is 9.68. The Balaban J connectivity index is 0.00000180. The fourth-order valence-electron chi connectivity index (χ4n) is 2.79. The Bertz CT molecular complexity index is 384. The van der Waals surface area contributed by atoms with Crippen LogP contribution in [-0.2, 0) is 0 Å². The molecule has 1 aromatic rings. The fraction of sp³-hybridized carbons (Fsp3) is 0.600. The predicted octanol–water partition coefficient (Wildman–Crippen LogP) is 3.23. The summed E-state index contributed by atoms with van der Waals surface area (Å²) in [6, 6.07) is 8.17. The Morgan fingerprint density at radius 2 is 1.90 bits per heavy atom. The number of benzene rings is 1. The normalized spacial score (nSPS) is 18.5. The van der Waals surface area contributed by atoms with E-state index in [1.54, 1.807) is 6.07 Å². The first-order valence-corrected chi connectivity index (χ1v) is 6.96. The van der Waals surface area contributed by atoms with Gasteiger partial charge in [-0.3, -0.25) is 4.90 Å². The highest BCUT2D eigenvalue weighted by molar-refractivity contribution is 5.85. The molecule has 1 aromatic carbocycles. The number of halogens is 2. The van der Waals surface area contributed by atoms with E-state index in [0.717, 1.165) is 32.6 Å². The van der Waals surface area contributed by atoms with Gasteiger partial charge in [0.05, 0.1) is 0 Å². The topological polar surface area (TPSA) is 35.5 Å². The number of rotatable bonds is 4. The zero-order chi connectivity index (χ0) is 13.0. The van der Waals surface area contributed by atoms with Gasteiger partial charge < -0.3 is 10.4 Å². The molecule has 0 radical (unpaired) electrons. The molecule has 3 nitrogen and oxygen atoms in total. The van der Waals surface area contributed by atoms with Gasteiger partial charge in [-0.2, -0.15) is 0 Å². The van der Waals surface area contributed by atoms with Crippen LogP contribution in [0.3, 0.4) is 0 Å². The molecule has 0 amide bonds. The molecule has 0 spiro atoms. The van der Waals surface area contributed by atoms with E-state index in [0.29, 0.717) is 17.7 Å². The van der Waals surface area contributed by atoms with Crippen LogP contribution in [0.25, 0.3) is 0 Å². The minimum atomic E-state index is 0. The summed E-state index contributed by atoms with van der Waals surface area (Å²) in [6.45, 7) is 8.84. The lowest BCUT2D eigenvalue weighted by Gasteiger charge is -2.38. The standard InChI is InChI=1S/C15H24N2O.2ClH/c1-3-12(2)15(17-9-7-16-8-10-17)13-5-4-6-14(18)11-13;;/h4-6,11-12,15-16,18H,3,7-10H2,1-2H3;2*1H/t12?,15-;;/m1../s1. The highest BCUT2D eigenvalue weighted by Crippen LogP contribution is 2.32. The summed E-state index contributed by atoms with van der Waals surface area (Å²) in [5, 5.41) is 13.1. The van der Waals surface area contributed by atoms with Gasteiger partial charge in [0.2, 0.25) is 0 Å². The van der Waals surface area contributed by atoms with Crippen LogP contribution in [-0.4, -0.2) is 36.2 Å². The second-order valence-electron chi connectivity index (χ2n) is 5.21. The van der Waals surface area contributed by atoms with Crippen molar-refractivity contribution in [1.82, 2.24) is 10.2 Å². The smallest absolute Gasteiger partial charge is 0.115 e. The van der Waals surface area contributed by atoms with Crippen molar-refractivity contribution in [3.05, 3.63) is 29.8 Å². The first-order chi connectivity index (χ1) is 8.72. The van der Waals surface area contributed by atoms with Gasteiger partial charge in [0.15, 0.2) is 0 Å². The number of hydrogen-bond acceptors (Lipinski definition) is 3. The second kappa shape index (κ2) is 9.46. The Labute approximate surface area is 134 Å². The van der Waals surface area contributed by atoms with Gasteiger partial charge in [0, 0.05) is 32.2 Å². The number of nitrogens with zero attached hydrogens (tertiary/aromatic N) is 1. The zero-order valence-corrected chi connectivity index (χ0v) is 13.8. The summed E-state index contributed by atoms with van der Waals surface area (Å²) >= 11 is 0. The molecule has 0 bridgehead atoms. The van der Waals surface area contributed by atoms with Gasteiger partial charge in [0.1, 0.15) is 5.75 Å². The monoisotopic (exact) mass is 320 g/mol. The van der Waals surface area contributed by atoms with Crippen molar-refractivity contribution in [3.8, 4) is 5.75 Å². The Kier molecular flexibility index (Phi) is 9.23. The van der Waals surface area contributed by atoms with E-state index in [-0.39, 0.29) is 24.8 Å². The molecule has 1 unspecified atom stereocenters. The van der Waals surface area contributed by atoms with Crippen LogP contribution < -0.4 is 5.32 Å². The van der Waals surface area contributed by atoms with Crippen molar-refractivity contribution in [2.75, 3.05) is 26.2 Å². The number of phenols is 1. The average molecular weight is 321 g/mol. The molecule has 1 fully saturated rings. The fourth-order valence-corrected chi connectivity index (χ4v) is 2.79. The molecule has 1 aliphatic heterocycles. The summed E-state index contributed by atoms with van der Waals surface area (Å²) in [5.41, 5.74) is 1.24. The molecule has 1 saturated heterocycles. The van der Waals surface area contributed by atoms with E-state index in [1.807, 2.05) is 12.1 Å². The van der Waals surface area contributed by atoms with E-state index in [2.05, 4.69) is 30.1 Å². The van der Waals surface area contributed by atoms with Crippen molar-refractivity contribution in [3.63, 3.8) is 0 Å². The molecule has 2 N–H and O–H groups in total. The third kappa shape index (κ3) is 4.81. The van der Waals surface area contributed by atoms with Gasteiger partial charge in [0.25, 0.3) is 0 Å². The van der Waals surface area contributed by atoms with Crippen LogP contribution in [0.4, 0.5) is 0 Å². The van der Waals surface area contributed by atoms with Gasteiger partial charge in [-0.05, 0) is 23.6 Å². The average Bonchev–Trinajstić information content (AvgIpc) is 2.40. The third-order valence-corrected chi connectivity index (χ3v) is 3.94. The van der Waals surface area contributed by atoms with Gasteiger partial charge in [-0.1, -0.05) is 32.4 Å². The maximum Gasteiger partial charge on any atom is 0.115 e. The molecule has 1 heterocycles. The van der Waals surface area contributed by atoms with E-state index < -0.39 is 0 Å². The third-order valence-electron chi connectivity index (χ3n) is 3.94. The van der Waals surface area contributed by atoms with Crippen LogP contribution >= 0.6 is 24.8 Å². The number of aromatic hydroxyl groups is 1. The van der Waals surface area contributed by atoms with Crippen molar-refractivity contribution in [1.29, 1.82) is 0 Å². The first-order valence-electron chi connectivity index (χ1n) is 6.96. The number of hydrogen-bond donors (Lipinski definition) is 2. The minimum Gasteiger partial charge on any atom is -0.508 e. The van der Waals surface area contributed by atoms with Crippen molar-refractivity contribution < 1.29 is 5.11 Å². The predicted molar refractivity (Wildman–Crippen MR) is 89.2 cm³/mol. The summed E-state index contributed by atoms with van der Waals surface area (Å²) in [4.78, 5) is 2.54. The van der Waals surface area contributed by atoms with E-state index in [4.69, 9.17) is 0 Å². The van der Waals surface area contributed by atoms with Crippen LogP contribution in [0.2, 0.25) is 0 Å². The molecule has 0 aliphatic carbocycles. The number of piperazine rings is 1. The van der Waals surface area contributed by atoms with Crippen LogP contribution in [0.5, 0.6) is 5.75 Å². The molecule has 1 aliphatic rings. The second-order valence-corrected chi connectivity index (χ2v) is 5.21. The molecule has 116 valence electrons. The van der Waals surface area contributed by atoms with Crippen molar-refractivity contribution >= 4 is 24.8 Å². The quantitative estimate of drug-likeness (QED) is 0.894. The van der Waals surface area contributed by atoms with Crippen LogP contribution in [0.1, 0.15) is 31.9 Å². The van der Waals surface area contributed by atoms with Gasteiger partial charge >= 0.3 is 0 Å². The molecule has 20 heavy (non-hydrogen) atoms. The van der Waals surface area contributed by atoms with E-state index >= 15 is 0 Å².